The minimum absolute atomic E-state index is 0.0122. The van der Waals surface area contributed by atoms with Crippen LogP contribution in [-0.2, 0) is 18.4 Å². The van der Waals surface area contributed by atoms with Gasteiger partial charge in [0, 0.05) is 6.42 Å². The van der Waals surface area contributed by atoms with E-state index in [2.05, 4.69) is 67.8 Å². The maximum atomic E-state index is 12.8. The SMILES string of the molecule is CCCCC/C=C/CC/C=C/C(O)C(COP(=O)([O-])OCC[N+](C)(C)C)NC(=O)CCCCCCCC/C=C\C/C=C\C/C=C\CCCCCCC. The van der Waals surface area contributed by atoms with Crippen molar-refractivity contribution in [3.8, 4) is 0 Å². The van der Waals surface area contributed by atoms with Crippen molar-refractivity contribution < 1.29 is 32.9 Å². The number of unbranched alkanes of at least 4 members (excludes halogenated alkanes) is 15. The highest BCUT2D eigenvalue weighted by atomic mass is 31.2. The molecule has 3 unspecified atom stereocenters. The average Bonchev–Trinajstić information content (AvgIpc) is 3.09. The van der Waals surface area contributed by atoms with Crippen LogP contribution in [0.3, 0.4) is 0 Å². The van der Waals surface area contributed by atoms with E-state index < -0.39 is 26.6 Å². The largest absolute Gasteiger partial charge is 0.756 e. The summed E-state index contributed by atoms with van der Waals surface area (Å²) in [4.78, 5) is 25.2. The van der Waals surface area contributed by atoms with E-state index in [1.165, 1.54) is 70.6 Å². The molecule has 2 N–H and O–H groups in total. The Balaban J connectivity index is 4.40. The van der Waals surface area contributed by atoms with Crippen molar-refractivity contribution in [3.63, 3.8) is 0 Å². The maximum absolute atomic E-state index is 12.8. The topological polar surface area (TPSA) is 108 Å². The van der Waals surface area contributed by atoms with Crippen molar-refractivity contribution in [3.05, 3.63) is 60.8 Å². The first-order valence-corrected chi connectivity index (χ1v) is 22.1. The summed E-state index contributed by atoms with van der Waals surface area (Å²) in [6, 6.07) is -0.909. The van der Waals surface area contributed by atoms with Crippen molar-refractivity contribution in [2.24, 2.45) is 0 Å². The van der Waals surface area contributed by atoms with E-state index in [4.69, 9.17) is 9.05 Å². The lowest BCUT2D eigenvalue weighted by atomic mass is 10.1. The number of amides is 1. The van der Waals surface area contributed by atoms with E-state index in [1.807, 2.05) is 27.2 Å². The van der Waals surface area contributed by atoms with Gasteiger partial charge in [0.15, 0.2) is 0 Å². The summed E-state index contributed by atoms with van der Waals surface area (Å²) in [6.07, 6.45) is 44.2. The molecule has 3 atom stereocenters. The Kier molecular flexibility index (Phi) is 33.7. The number of phosphoric acid groups is 1. The molecule has 0 aliphatic rings. The number of hydrogen-bond donors (Lipinski definition) is 2. The van der Waals surface area contributed by atoms with Gasteiger partial charge in [0.25, 0.3) is 7.82 Å². The van der Waals surface area contributed by atoms with Crippen LogP contribution in [0.2, 0.25) is 0 Å². The fourth-order valence-corrected chi connectivity index (χ4v) is 6.07. The first-order valence-electron chi connectivity index (χ1n) is 20.7. The number of nitrogens with zero attached hydrogens (tertiary/aromatic N) is 1. The number of rotatable bonds is 36. The van der Waals surface area contributed by atoms with Crippen molar-refractivity contribution in [1.29, 1.82) is 0 Å². The molecule has 1 amide bonds. The van der Waals surface area contributed by atoms with Gasteiger partial charge in [-0.1, -0.05) is 139 Å². The molecule has 0 fully saturated rings. The van der Waals surface area contributed by atoms with E-state index in [0.717, 1.165) is 64.2 Å². The lowest BCUT2D eigenvalue weighted by Gasteiger charge is -2.29. The highest BCUT2D eigenvalue weighted by Crippen LogP contribution is 2.38. The zero-order valence-corrected chi connectivity index (χ0v) is 34.9. The minimum atomic E-state index is -4.59. The predicted molar refractivity (Wildman–Crippen MR) is 219 cm³/mol. The summed E-state index contributed by atoms with van der Waals surface area (Å²) in [7, 11) is 1.22. The fraction of sp³-hybridized carbons (Fsp3) is 0.744. The number of quaternary nitrogens is 1. The molecule has 0 radical (unpaired) electrons. The number of carbonyl (C=O) groups excluding carboxylic acids is 1. The summed E-state index contributed by atoms with van der Waals surface area (Å²) in [5.41, 5.74) is 0. The van der Waals surface area contributed by atoms with E-state index >= 15 is 0 Å². The molecular weight excluding hydrogens is 671 g/mol. The normalized spacial score (nSPS) is 15.1. The molecule has 8 nitrogen and oxygen atoms in total. The fourth-order valence-electron chi connectivity index (χ4n) is 5.35. The average molecular weight is 751 g/mol. The number of allylic oxidation sites excluding steroid dienone is 9. The standard InChI is InChI=1S/C43H79N2O6P/c1-6-8-10-12-14-16-17-18-19-20-21-22-23-24-25-26-27-29-31-33-35-37-43(47)44-41(40-51-52(48,49)50-39-38-45(3,4)5)42(46)36-34-32-30-28-15-13-11-9-7-2/h15,17-18,20-21,23-24,28,34,36,41-42,46H,6-14,16,19,22,25-27,29-33,35,37-40H2,1-5H3,(H-,44,47,48,49)/b18-17-,21-20-,24-23-,28-15+,36-34+. The lowest BCUT2D eigenvalue weighted by molar-refractivity contribution is -0.870. The highest BCUT2D eigenvalue weighted by molar-refractivity contribution is 7.45. The second-order valence-electron chi connectivity index (χ2n) is 15.0. The van der Waals surface area contributed by atoms with Crippen LogP contribution in [0.15, 0.2) is 60.8 Å². The number of aliphatic hydroxyl groups excluding tert-OH is 1. The van der Waals surface area contributed by atoms with Crippen LogP contribution < -0.4 is 10.2 Å². The Bertz CT molecular complexity index is 1030. The second-order valence-corrected chi connectivity index (χ2v) is 16.4. The smallest absolute Gasteiger partial charge is 0.268 e. The number of aliphatic hydroxyl groups is 1. The Morgan fingerprint density at radius 3 is 1.73 bits per heavy atom. The van der Waals surface area contributed by atoms with Crippen LogP contribution in [0.5, 0.6) is 0 Å². The van der Waals surface area contributed by atoms with Crippen LogP contribution in [0.1, 0.15) is 155 Å². The molecule has 52 heavy (non-hydrogen) atoms. The summed E-state index contributed by atoms with van der Waals surface area (Å²) in [5, 5.41) is 13.6. The number of hydrogen-bond acceptors (Lipinski definition) is 6. The van der Waals surface area contributed by atoms with Crippen LogP contribution >= 0.6 is 7.82 Å². The molecule has 0 aliphatic heterocycles. The summed E-state index contributed by atoms with van der Waals surface area (Å²) >= 11 is 0. The summed E-state index contributed by atoms with van der Waals surface area (Å²) in [5.74, 6) is -0.226. The molecule has 0 aromatic carbocycles. The summed E-state index contributed by atoms with van der Waals surface area (Å²) in [6.45, 7) is 4.52. The Morgan fingerprint density at radius 2 is 1.13 bits per heavy atom. The van der Waals surface area contributed by atoms with Gasteiger partial charge in [-0.25, -0.2) is 0 Å². The predicted octanol–water partition coefficient (Wildman–Crippen LogP) is 10.4. The first kappa shape index (κ1) is 50.2. The molecule has 0 aromatic heterocycles. The molecular formula is C43H79N2O6P. The van der Waals surface area contributed by atoms with E-state index in [-0.39, 0.29) is 12.5 Å². The molecule has 0 rings (SSSR count). The molecule has 0 aliphatic carbocycles. The number of carbonyl (C=O) groups is 1. The third-order valence-electron chi connectivity index (χ3n) is 8.70. The zero-order chi connectivity index (χ0) is 38.6. The highest BCUT2D eigenvalue weighted by Gasteiger charge is 2.23. The molecule has 0 aromatic rings. The van der Waals surface area contributed by atoms with Gasteiger partial charge in [-0.2, -0.15) is 0 Å². The number of nitrogens with one attached hydrogen (secondary N) is 1. The molecule has 9 heteroatoms. The van der Waals surface area contributed by atoms with Crippen LogP contribution in [0.25, 0.3) is 0 Å². The Hall–Kier alpha value is -1.80. The van der Waals surface area contributed by atoms with Crippen molar-refractivity contribution in [2.75, 3.05) is 40.9 Å². The molecule has 0 spiro atoms. The van der Waals surface area contributed by atoms with Gasteiger partial charge in [0.1, 0.15) is 13.2 Å². The number of phosphoric ester groups is 1. The van der Waals surface area contributed by atoms with Crippen LogP contribution in [-0.4, -0.2) is 68.5 Å². The van der Waals surface area contributed by atoms with Gasteiger partial charge in [0.2, 0.25) is 5.91 Å². The second kappa shape index (κ2) is 34.9. The third-order valence-corrected chi connectivity index (χ3v) is 9.66. The lowest BCUT2D eigenvalue weighted by Crippen LogP contribution is -2.45. The van der Waals surface area contributed by atoms with Gasteiger partial charge in [0.05, 0.1) is 39.9 Å². The van der Waals surface area contributed by atoms with Crippen molar-refractivity contribution >= 4 is 13.7 Å². The van der Waals surface area contributed by atoms with Crippen LogP contribution in [0.4, 0.5) is 0 Å². The van der Waals surface area contributed by atoms with Gasteiger partial charge in [-0.3, -0.25) is 9.36 Å². The molecule has 0 saturated heterocycles. The van der Waals surface area contributed by atoms with Gasteiger partial charge in [-0.05, 0) is 70.6 Å². The van der Waals surface area contributed by atoms with Crippen LogP contribution in [0, 0.1) is 0 Å². The first-order chi connectivity index (χ1) is 25.0. The number of likely N-dealkylation sites (N-methyl/N-ethyl adjacent to an activating group) is 1. The maximum Gasteiger partial charge on any atom is 0.268 e. The molecule has 302 valence electrons. The summed E-state index contributed by atoms with van der Waals surface area (Å²) < 4.78 is 23.0. The quantitative estimate of drug-likeness (QED) is 0.0286. The molecule has 0 saturated carbocycles. The Labute approximate surface area is 320 Å². The molecule has 0 heterocycles. The van der Waals surface area contributed by atoms with E-state index in [9.17, 15) is 19.4 Å². The minimum Gasteiger partial charge on any atom is -0.756 e. The van der Waals surface area contributed by atoms with E-state index in [0.29, 0.717) is 17.4 Å². The monoisotopic (exact) mass is 751 g/mol. The van der Waals surface area contributed by atoms with Gasteiger partial charge in [-0.15, -0.1) is 0 Å². The molecule has 0 bridgehead atoms. The zero-order valence-electron chi connectivity index (χ0n) is 34.0. The van der Waals surface area contributed by atoms with Crippen molar-refractivity contribution in [2.45, 2.75) is 167 Å². The Morgan fingerprint density at radius 1 is 0.673 bits per heavy atom. The van der Waals surface area contributed by atoms with Crippen molar-refractivity contribution in [1.82, 2.24) is 5.32 Å². The van der Waals surface area contributed by atoms with Gasteiger partial charge < -0.3 is 28.8 Å². The van der Waals surface area contributed by atoms with Gasteiger partial charge >= 0.3 is 0 Å². The third kappa shape index (κ3) is 36.6. The van der Waals surface area contributed by atoms with E-state index in [1.54, 1.807) is 6.08 Å².